The van der Waals surface area contributed by atoms with Crippen molar-refractivity contribution in [3.63, 3.8) is 0 Å². The number of hydrogen-bond donors (Lipinski definition) is 1. The molecule has 0 fully saturated rings. The highest BCUT2D eigenvalue weighted by Crippen LogP contribution is 2.02. The van der Waals surface area contributed by atoms with Crippen LogP contribution in [0.2, 0.25) is 0 Å². The number of nitrogens with zero attached hydrogens (tertiary/aromatic N) is 1. The molecule has 1 N–H and O–H groups in total. The lowest BCUT2D eigenvalue weighted by Gasteiger charge is -2.19. The van der Waals surface area contributed by atoms with Gasteiger partial charge in [0, 0.05) is 12.5 Å². The summed E-state index contributed by atoms with van der Waals surface area (Å²) in [6.45, 7) is 4.42. The molecule has 0 aromatic rings. The van der Waals surface area contributed by atoms with Gasteiger partial charge in [-0.3, -0.25) is 0 Å². The molecule has 0 rings (SSSR count). The van der Waals surface area contributed by atoms with Gasteiger partial charge in [-0.2, -0.15) is 0 Å². The third kappa shape index (κ3) is 8.10. The Balaban J connectivity index is 3.67. The normalized spacial score (nSPS) is 12.8. The maximum absolute atomic E-state index is 5.27. The predicted octanol–water partition coefficient (Wildman–Crippen LogP) is 1.72. The summed E-state index contributed by atoms with van der Waals surface area (Å²) in [5.74, 6) is 2.71. The topological polar surface area (TPSA) is 15.3 Å². The highest BCUT2D eigenvalue weighted by atomic mass is 15.1. The molecule has 0 spiro atoms. The van der Waals surface area contributed by atoms with Crippen LogP contribution in [0.5, 0.6) is 0 Å². The summed E-state index contributed by atoms with van der Waals surface area (Å²) >= 11 is 0. The summed E-state index contributed by atoms with van der Waals surface area (Å²) in [6, 6.07) is 0.591. The Bertz CT molecular complexity index is 158. The quantitative estimate of drug-likeness (QED) is 0.595. The minimum atomic E-state index is 0.591. The van der Waals surface area contributed by atoms with Gasteiger partial charge >= 0.3 is 0 Å². The van der Waals surface area contributed by atoms with Crippen LogP contribution in [0.1, 0.15) is 32.6 Å². The van der Waals surface area contributed by atoms with Crippen molar-refractivity contribution in [2.24, 2.45) is 0 Å². The summed E-state index contributed by atoms with van der Waals surface area (Å²) in [4.78, 5) is 2.22. The molecule has 0 saturated carbocycles. The van der Waals surface area contributed by atoms with Crippen molar-refractivity contribution in [2.75, 3.05) is 27.2 Å². The van der Waals surface area contributed by atoms with Gasteiger partial charge in [0.15, 0.2) is 0 Å². The monoisotopic (exact) mass is 196 g/mol. The summed E-state index contributed by atoms with van der Waals surface area (Å²) in [6.07, 6.45) is 9.64. The van der Waals surface area contributed by atoms with Crippen LogP contribution >= 0.6 is 0 Å². The first-order chi connectivity index (χ1) is 6.70. The van der Waals surface area contributed by atoms with Gasteiger partial charge in [0.2, 0.25) is 0 Å². The van der Waals surface area contributed by atoms with Crippen LogP contribution in [0.15, 0.2) is 0 Å². The second-order valence-electron chi connectivity index (χ2n) is 3.99. The minimum Gasteiger partial charge on any atom is -0.314 e. The zero-order valence-corrected chi connectivity index (χ0v) is 9.84. The van der Waals surface area contributed by atoms with Crippen molar-refractivity contribution in [3.8, 4) is 12.3 Å². The molecule has 0 heterocycles. The van der Waals surface area contributed by atoms with Gasteiger partial charge in [-0.05, 0) is 46.4 Å². The number of terminal acetylenes is 1. The summed E-state index contributed by atoms with van der Waals surface area (Å²) in [5.41, 5.74) is 0. The molecule has 0 aliphatic carbocycles. The first kappa shape index (κ1) is 13.5. The highest BCUT2D eigenvalue weighted by Gasteiger charge is 2.06. The number of rotatable bonds is 8. The smallest absolute Gasteiger partial charge is 0.0101 e. The van der Waals surface area contributed by atoms with Crippen molar-refractivity contribution in [2.45, 2.75) is 38.6 Å². The van der Waals surface area contributed by atoms with Crippen LogP contribution in [0, 0.1) is 12.3 Å². The van der Waals surface area contributed by atoms with Gasteiger partial charge in [0.05, 0.1) is 0 Å². The van der Waals surface area contributed by atoms with Gasteiger partial charge in [-0.25, -0.2) is 0 Å². The SMILES string of the molecule is C#CCCC(CCN(C)C)NCCC. The molecular weight excluding hydrogens is 172 g/mol. The van der Waals surface area contributed by atoms with Crippen molar-refractivity contribution in [3.05, 3.63) is 0 Å². The van der Waals surface area contributed by atoms with E-state index in [9.17, 15) is 0 Å². The second kappa shape index (κ2) is 9.05. The van der Waals surface area contributed by atoms with E-state index in [0.29, 0.717) is 6.04 Å². The summed E-state index contributed by atoms with van der Waals surface area (Å²) < 4.78 is 0. The van der Waals surface area contributed by atoms with Crippen LogP contribution in [0.4, 0.5) is 0 Å². The molecular formula is C12H24N2. The van der Waals surface area contributed by atoms with E-state index in [1.54, 1.807) is 0 Å². The van der Waals surface area contributed by atoms with Crippen LogP contribution in [-0.4, -0.2) is 38.1 Å². The molecule has 1 atom stereocenters. The molecule has 0 aromatic heterocycles. The van der Waals surface area contributed by atoms with Gasteiger partial charge in [-0.1, -0.05) is 6.92 Å². The average molecular weight is 196 g/mol. The fourth-order valence-electron chi connectivity index (χ4n) is 1.37. The third-order valence-corrected chi connectivity index (χ3v) is 2.24. The number of nitrogens with one attached hydrogen (secondary N) is 1. The van der Waals surface area contributed by atoms with Gasteiger partial charge in [0.25, 0.3) is 0 Å². The van der Waals surface area contributed by atoms with Crippen molar-refractivity contribution in [1.29, 1.82) is 0 Å². The first-order valence-electron chi connectivity index (χ1n) is 5.52. The number of hydrogen-bond acceptors (Lipinski definition) is 2. The lowest BCUT2D eigenvalue weighted by Crippen LogP contribution is -2.32. The predicted molar refractivity (Wildman–Crippen MR) is 63.3 cm³/mol. The minimum absolute atomic E-state index is 0.591. The Hall–Kier alpha value is -0.520. The Morgan fingerprint density at radius 3 is 2.57 bits per heavy atom. The van der Waals surface area contributed by atoms with Gasteiger partial charge in [-0.15, -0.1) is 12.3 Å². The van der Waals surface area contributed by atoms with E-state index in [1.165, 1.54) is 12.8 Å². The largest absolute Gasteiger partial charge is 0.314 e. The van der Waals surface area contributed by atoms with E-state index < -0.39 is 0 Å². The van der Waals surface area contributed by atoms with Crippen LogP contribution in [0.25, 0.3) is 0 Å². The van der Waals surface area contributed by atoms with E-state index in [0.717, 1.165) is 25.9 Å². The van der Waals surface area contributed by atoms with Crippen LogP contribution < -0.4 is 5.32 Å². The maximum atomic E-state index is 5.27. The Labute approximate surface area is 89.1 Å². The first-order valence-corrected chi connectivity index (χ1v) is 5.52. The Morgan fingerprint density at radius 2 is 2.07 bits per heavy atom. The van der Waals surface area contributed by atoms with E-state index in [2.05, 4.69) is 37.2 Å². The Kier molecular flexibility index (Phi) is 8.72. The summed E-state index contributed by atoms with van der Waals surface area (Å²) in [5, 5.41) is 3.54. The van der Waals surface area contributed by atoms with E-state index in [4.69, 9.17) is 6.42 Å². The molecule has 0 aliphatic rings. The molecule has 0 aromatic carbocycles. The molecule has 0 saturated heterocycles. The molecule has 1 unspecified atom stereocenters. The average Bonchev–Trinajstić information content (AvgIpc) is 2.16. The lowest BCUT2D eigenvalue weighted by molar-refractivity contribution is 0.350. The fourth-order valence-corrected chi connectivity index (χ4v) is 1.37. The van der Waals surface area contributed by atoms with Crippen LogP contribution in [0.3, 0.4) is 0 Å². The van der Waals surface area contributed by atoms with Crippen molar-refractivity contribution in [1.82, 2.24) is 10.2 Å². The van der Waals surface area contributed by atoms with Crippen molar-refractivity contribution >= 4 is 0 Å². The molecule has 0 amide bonds. The molecule has 2 heteroatoms. The molecule has 0 bridgehead atoms. The summed E-state index contributed by atoms with van der Waals surface area (Å²) in [7, 11) is 4.22. The molecule has 0 aliphatic heterocycles. The zero-order chi connectivity index (χ0) is 10.8. The van der Waals surface area contributed by atoms with E-state index >= 15 is 0 Å². The van der Waals surface area contributed by atoms with E-state index in [-0.39, 0.29) is 0 Å². The van der Waals surface area contributed by atoms with Gasteiger partial charge < -0.3 is 10.2 Å². The lowest BCUT2D eigenvalue weighted by atomic mass is 10.1. The highest BCUT2D eigenvalue weighted by molar-refractivity contribution is 4.85. The maximum Gasteiger partial charge on any atom is 0.0101 e. The molecule has 82 valence electrons. The fraction of sp³-hybridized carbons (Fsp3) is 0.833. The van der Waals surface area contributed by atoms with E-state index in [1.807, 2.05) is 0 Å². The third-order valence-electron chi connectivity index (χ3n) is 2.24. The standard InChI is InChI=1S/C12H24N2/c1-5-7-8-12(13-10-6-2)9-11-14(3)4/h1,12-13H,6-11H2,2-4H3. The van der Waals surface area contributed by atoms with Gasteiger partial charge in [0.1, 0.15) is 0 Å². The zero-order valence-electron chi connectivity index (χ0n) is 9.84. The second-order valence-corrected chi connectivity index (χ2v) is 3.99. The Morgan fingerprint density at radius 1 is 1.36 bits per heavy atom. The molecule has 14 heavy (non-hydrogen) atoms. The molecule has 2 nitrogen and oxygen atoms in total. The molecule has 0 radical (unpaired) electrons. The van der Waals surface area contributed by atoms with Crippen LogP contribution in [-0.2, 0) is 0 Å². The van der Waals surface area contributed by atoms with Crippen molar-refractivity contribution < 1.29 is 0 Å².